The molecule has 1 aliphatic heterocycles. The maximum atomic E-state index is 11.8. The molecule has 91 valence electrons. The fraction of sp³-hybridized carbons (Fsp3) is 0.333. The van der Waals surface area contributed by atoms with Crippen LogP contribution in [0.2, 0.25) is 0 Å². The van der Waals surface area contributed by atoms with E-state index in [2.05, 4.69) is 20.3 Å². The molecule has 0 aliphatic carbocycles. The van der Waals surface area contributed by atoms with Gasteiger partial charge in [-0.15, -0.1) is 0 Å². The van der Waals surface area contributed by atoms with Crippen molar-refractivity contribution >= 4 is 11.9 Å². The zero-order chi connectivity index (χ0) is 13.3. The molecular weight excluding hydrogens is 419 g/mol. The fourth-order valence-corrected chi connectivity index (χ4v) is 3.04. The van der Waals surface area contributed by atoms with Gasteiger partial charge in [0.25, 0.3) is 0 Å². The molecule has 5 nitrogen and oxygen atoms in total. The van der Waals surface area contributed by atoms with Crippen LogP contribution in [-0.2, 0) is 43.3 Å². The zero-order valence-corrected chi connectivity index (χ0v) is 16.0. The quantitative estimate of drug-likeness (QED) is 0.544. The van der Waals surface area contributed by atoms with E-state index in [1.165, 1.54) is 0 Å². The van der Waals surface area contributed by atoms with E-state index in [-0.39, 0.29) is 5.91 Å². The van der Waals surface area contributed by atoms with E-state index in [9.17, 15) is 9.59 Å². The molecule has 1 saturated heterocycles. The molecule has 18 heavy (non-hydrogen) atoms. The van der Waals surface area contributed by atoms with Crippen LogP contribution in [0.4, 0.5) is 4.79 Å². The third-order valence-corrected chi connectivity index (χ3v) is 3.87. The number of imide groups is 1. The molecule has 1 aromatic rings. The summed E-state index contributed by atoms with van der Waals surface area (Å²) in [4.78, 5) is 23.1. The van der Waals surface area contributed by atoms with Gasteiger partial charge in [-0.05, 0) is 0 Å². The molecule has 1 aliphatic rings. The first kappa shape index (κ1) is 13.5. The molecule has 1 fully saturated rings. The van der Waals surface area contributed by atoms with Gasteiger partial charge < -0.3 is 0 Å². The van der Waals surface area contributed by atoms with E-state index < -0.39 is 11.6 Å². The van der Waals surface area contributed by atoms with Crippen molar-refractivity contribution in [2.75, 3.05) is 7.05 Å². The summed E-state index contributed by atoms with van der Waals surface area (Å²) in [6, 6.07) is 7.37. The third kappa shape index (κ3) is 2.56. The Morgan fingerprint density at radius 2 is 2.11 bits per heavy atom. The second kappa shape index (κ2) is 4.97. The van der Waals surface area contributed by atoms with Crippen molar-refractivity contribution in [3.8, 4) is 0 Å². The number of urea groups is 1. The third-order valence-electron chi connectivity index (χ3n) is 3.00. The van der Waals surface area contributed by atoms with E-state index in [0.29, 0.717) is 26.4 Å². The molecule has 1 aromatic carbocycles. The number of nitrogens with zero attached hydrogens (tertiary/aromatic N) is 1. The molecular formula is C12H14HgN3O2. The average molecular weight is 433 g/mol. The van der Waals surface area contributed by atoms with Crippen molar-refractivity contribution in [3.05, 3.63) is 35.4 Å². The van der Waals surface area contributed by atoms with Gasteiger partial charge in [-0.1, -0.05) is 0 Å². The van der Waals surface area contributed by atoms with Crippen molar-refractivity contribution < 1.29 is 36.0 Å². The number of carbonyl (C=O) groups excluding carboxylic acids is 2. The first-order valence-electron chi connectivity index (χ1n) is 5.66. The van der Waals surface area contributed by atoms with E-state index in [0.717, 1.165) is 17.7 Å². The summed E-state index contributed by atoms with van der Waals surface area (Å²) in [7, 11) is 2.07. The molecule has 0 aromatic heterocycles. The van der Waals surface area contributed by atoms with Crippen LogP contribution in [-0.4, -0.2) is 21.6 Å². The van der Waals surface area contributed by atoms with Crippen molar-refractivity contribution in [2.24, 2.45) is 0 Å². The van der Waals surface area contributed by atoms with E-state index in [1.54, 1.807) is 6.92 Å². The van der Waals surface area contributed by atoms with Crippen LogP contribution >= 0.6 is 0 Å². The summed E-state index contributed by atoms with van der Waals surface area (Å²) in [6.45, 7) is 2.60. The number of benzene rings is 1. The fourth-order valence-electron chi connectivity index (χ4n) is 2.04. The number of hydrogen-bond acceptors (Lipinski definition) is 3. The van der Waals surface area contributed by atoms with Gasteiger partial charge >= 0.3 is 123 Å². The van der Waals surface area contributed by atoms with Gasteiger partial charge in [0.05, 0.1) is 0 Å². The number of hydrogen-bond donors (Lipinski definition) is 2. The predicted molar refractivity (Wildman–Crippen MR) is 61.9 cm³/mol. The Kier molecular flexibility index (Phi) is 3.72. The summed E-state index contributed by atoms with van der Waals surface area (Å²) >= 11 is 0.581. The molecule has 1 atom stereocenters. The van der Waals surface area contributed by atoms with Crippen LogP contribution in [0.15, 0.2) is 24.3 Å². The Balaban J connectivity index is 2.33. The standard InChI is InChI=1S/C12H14N3O2.Hg/c1-12(10(16)14-11(17)15-12)9-5-3-4-8(6-9)7-13-2;/h3-6H,7H2,1-2H3,(H2,14,15,16,17);/q-1;+1. The second-order valence-electron chi connectivity index (χ2n) is 4.75. The Hall–Kier alpha value is -0.945. The first-order valence-corrected chi connectivity index (χ1v) is 8.12. The summed E-state index contributed by atoms with van der Waals surface area (Å²) in [5.41, 5.74) is 1.01. The van der Waals surface area contributed by atoms with Crippen LogP contribution < -0.4 is 10.6 Å². The SMILES string of the molecule is C[N]([Hg])Cc1cccc(C2(C)NC(=O)NC2=O)c1. The molecule has 0 spiro atoms. The van der Waals surface area contributed by atoms with Gasteiger partial charge in [-0.25, -0.2) is 0 Å². The van der Waals surface area contributed by atoms with Gasteiger partial charge in [0, 0.05) is 0 Å². The van der Waals surface area contributed by atoms with Crippen LogP contribution in [0.3, 0.4) is 0 Å². The summed E-state index contributed by atoms with van der Waals surface area (Å²) in [5.74, 6) is -0.298. The minimum atomic E-state index is -0.957. The van der Waals surface area contributed by atoms with Crippen LogP contribution in [0.25, 0.3) is 0 Å². The monoisotopic (exact) mass is 434 g/mol. The van der Waals surface area contributed by atoms with E-state index in [4.69, 9.17) is 0 Å². The molecule has 1 heterocycles. The molecule has 1 unspecified atom stereocenters. The number of rotatable bonds is 3. The molecule has 0 bridgehead atoms. The summed E-state index contributed by atoms with van der Waals surface area (Å²) in [6.07, 6.45) is 0. The van der Waals surface area contributed by atoms with Crippen LogP contribution in [0.1, 0.15) is 18.1 Å². The molecule has 0 saturated carbocycles. The summed E-state index contributed by atoms with van der Waals surface area (Å²) in [5, 5.41) is 4.95. The Morgan fingerprint density at radius 3 is 2.67 bits per heavy atom. The number of carbonyl (C=O) groups is 2. The first-order chi connectivity index (χ1) is 8.41. The van der Waals surface area contributed by atoms with Gasteiger partial charge in [0.15, 0.2) is 0 Å². The summed E-state index contributed by atoms with van der Waals surface area (Å²) < 4.78 is 2.24. The Labute approximate surface area is 122 Å². The van der Waals surface area contributed by atoms with Gasteiger partial charge in [0.2, 0.25) is 0 Å². The topological polar surface area (TPSA) is 61.4 Å². The van der Waals surface area contributed by atoms with Crippen molar-refractivity contribution in [3.63, 3.8) is 0 Å². The van der Waals surface area contributed by atoms with Gasteiger partial charge in [-0.2, -0.15) is 0 Å². The molecule has 2 rings (SSSR count). The van der Waals surface area contributed by atoms with Crippen molar-refractivity contribution in [1.29, 1.82) is 0 Å². The average Bonchev–Trinajstić information content (AvgIpc) is 2.53. The molecule has 6 heteroatoms. The molecule has 2 N–H and O–H groups in total. The van der Waals surface area contributed by atoms with Crippen molar-refractivity contribution in [1.82, 2.24) is 13.3 Å². The number of amides is 3. The zero-order valence-electron chi connectivity index (χ0n) is 10.5. The predicted octanol–water partition coefficient (Wildman–Crippen LogP) is 0.635. The second-order valence-corrected chi connectivity index (χ2v) is 8.94. The van der Waals surface area contributed by atoms with Crippen LogP contribution in [0.5, 0.6) is 0 Å². The van der Waals surface area contributed by atoms with E-state index in [1.807, 2.05) is 24.3 Å². The number of nitrogens with one attached hydrogen (secondary N) is 2. The molecule has 0 radical (unpaired) electrons. The van der Waals surface area contributed by atoms with Crippen molar-refractivity contribution in [2.45, 2.75) is 19.0 Å². The maximum absolute atomic E-state index is 11.8. The van der Waals surface area contributed by atoms with Gasteiger partial charge in [0.1, 0.15) is 0 Å². The van der Waals surface area contributed by atoms with Gasteiger partial charge in [-0.3, -0.25) is 0 Å². The normalized spacial score (nSPS) is 23.2. The van der Waals surface area contributed by atoms with E-state index >= 15 is 0 Å². The Bertz CT molecular complexity index is 504. The minimum absolute atomic E-state index is 0.298. The van der Waals surface area contributed by atoms with Crippen LogP contribution in [0, 0.1) is 0 Å². The Morgan fingerprint density at radius 1 is 1.39 bits per heavy atom. The molecule has 3 amide bonds.